The van der Waals surface area contributed by atoms with E-state index in [1.165, 1.54) is 16.8 Å². The number of halogens is 1. The zero-order valence-electron chi connectivity index (χ0n) is 13.5. The van der Waals surface area contributed by atoms with Crippen LogP contribution in [-0.2, 0) is 17.6 Å². The molecule has 2 aromatic carbocycles. The molecule has 0 saturated heterocycles. The first-order chi connectivity index (χ1) is 11.6. The van der Waals surface area contributed by atoms with Crippen molar-refractivity contribution in [1.82, 2.24) is 4.98 Å². The van der Waals surface area contributed by atoms with E-state index >= 15 is 0 Å². The van der Waals surface area contributed by atoms with Crippen LogP contribution in [0.2, 0.25) is 5.02 Å². The van der Waals surface area contributed by atoms with E-state index in [0.717, 1.165) is 40.9 Å². The highest BCUT2D eigenvalue weighted by atomic mass is 35.5. The third-order valence-corrected chi connectivity index (χ3v) is 5.07. The van der Waals surface area contributed by atoms with Crippen molar-refractivity contribution in [3.63, 3.8) is 0 Å². The van der Waals surface area contributed by atoms with Gasteiger partial charge >= 0.3 is 0 Å². The second kappa shape index (κ2) is 5.99. The maximum absolute atomic E-state index is 12.6. The molecule has 4 heteroatoms. The van der Waals surface area contributed by atoms with Crippen molar-refractivity contribution in [3.05, 3.63) is 64.3 Å². The normalized spacial score (nSPS) is 16.8. The lowest BCUT2D eigenvalue weighted by Gasteiger charge is -2.22. The van der Waals surface area contributed by atoms with E-state index in [1.807, 2.05) is 49.4 Å². The predicted octanol–water partition coefficient (Wildman–Crippen LogP) is 4.87. The van der Waals surface area contributed by atoms with Crippen LogP contribution in [0.25, 0.3) is 10.9 Å². The smallest absolute Gasteiger partial charge is 0.227 e. The van der Waals surface area contributed by atoms with Gasteiger partial charge in [-0.05, 0) is 62.1 Å². The quantitative estimate of drug-likeness (QED) is 0.687. The number of anilines is 1. The second-order valence-electron chi connectivity index (χ2n) is 6.57. The summed E-state index contributed by atoms with van der Waals surface area (Å²) < 4.78 is 0. The minimum Gasteiger partial charge on any atom is -0.358 e. The molecule has 3 aromatic rings. The molecule has 1 amide bonds. The van der Waals surface area contributed by atoms with Crippen molar-refractivity contribution in [2.45, 2.75) is 26.2 Å². The minimum atomic E-state index is -0.00298. The lowest BCUT2D eigenvalue weighted by atomic mass is 9.86. The Bertz CT molecular complexity index is 911. The van der Waals surface area contributed by atoms with Gasteiger partial charge in [-0.3, -0.25) is 4.79 Å². The molecule has 1 unspecified atom stereocenters. The molecule has 0 bridgehead atoms. The van der Waals surface area contributed by atoms with Gasteiger partial charge in [-0.15, -0.1) is 0 Å². The molecule has 122 valence electrons. The van der Waals surface area contributed by atoms with Crippen LogP contribution in [0.15, 0.2) is 42.5 Å². The number of hydrogen-bond donors (Lipinski definition) is 2. The number of aromatic amines is 1. The molecule has 4 rings (SSSR count). The molecule has 3 nitrogen and oxygen atoms in total. The topological polar surface area (TPSA) is 44.9 Å². The Hall–Kier alpha value is -2.26. The van der Waals surface area contributed by atoms with Gasteiger partial charge in [0.1, 0.15) is 0 Å². The van der Waals surface area contributed by atoms with Crippen LogP contribution in [0.1, 0.15) is 23.2 Å². The van der Waals surface area contributed by atoms with Gasteiger partial charge in [0.25, 0.3) is 0 Å². The van der Waals surface area contributed by atoms with Crippen LogP contribution in [0.4, 0.5) is 5.69 Å². The summed E-state index contributed by atoms with van der Waals surface area (Å²) in [5.74, 6) is 0.0951. The van der Waals surface area contributed by atoms with Crippen LogP contribution in [0, 0.1) is 12.8 Å². The number of benzene rings is 2. The van der Waals surface area contributed by atoms with E-state index in [2.05, 4.69) is 10.3 Å². The summed E-state index contributed by atoms with van der Waals surface area (Å²) in [5.41, 5.74) is 5.63. The van der Waals surface area contributed by atoms with E-state index in [4.69, 9.17) is 11.6 Å². The van der Waals surface area contributed by atoms with Crippen LogP contribution in [0.3, 0.4) is 0 Å². The molecule has 1 aliphatic rings. The third kappa shape index (κ3) is 2.80. The zero-order chi connectivity index (χ0) is 16.7. The average molecular weight is 339 g/mol. The number of carbonyl (C=O) groups is 1. The Labute approximate surface area is 146 Å². The van der Waals surface area contributed by atoms with E-state index < -0.39 is 0 Å². The number of H-pyrrole nitrogens is 1. The van der Waals surface area contributed by atoms with Crippen molar-refractivity contribution in [2.75, 3.05) is 5.32 Å². The molecular formula is C20H19ClN2O. The first-order valence-electron chi connectivity index (χ1n) is 8.26. The molecule has 0 saturated carbocycles. The first-order valence-corrected chi connectivity index (χ1v) is 8.64. The number of rotatable bonds is 2. The third-order valence-electron chi connectivity index (χ3n) is 4.84. The van der Waals surface area contributed by atoms with Crippen molar-refractivity contribution >= 4 is 34.1 Å². The number of hydrogen-bond acceptors (Lipinski definition) is 1. The molecule has 0 fully saturated rings. The summed E-state index contributed by atoms with van der Waals surface area (Å²) >= 11 is 6.14. The molecule has 0 radical (unpaired) electrons. The van der Waals surface area contributed by atoms with Gasteiger partial charge < -0.3 is 10.3 Å². The molecule has 1 atom stereocenters. The molecular weight excluding hydrogens is 320 g/mol. The summed E-state index contributed by atoms with van der Waals surface area (Å²) in [7, 11) is 0. The Morgan fingerprint density at radius 2 is 2.00 bits per heavy atom. The maximum atomic E-state index is 12.6. The van der Waals surface area contributed by atoms with E-state index in [0.29, 0.717) is 0 Å². The highest BCUT2D eigenvalue weighted by Gasteiger charge is 2.27. The summed E-state index contributed by atoms with van der Waals surface area (Å²) in [4.78, 5) is 16.1. The Morgan fingerprint density at radius 1 is 1.21 bits per heavy atom. The number of carbonyl (C=O) groups excluding carboxylic acids is 1. The number of aryl methyl sites for hydroxylation is 2. The SMILES string of the molecule is Cc1ccc(NC(=O)C2CCc3[nH]c4ccc(Cl)cc4c3C2)cc1. The van der Waals surface area contributed by atoms with Gasteiger partial charge in [0.15, 0.2) is 0 Å². The molecule has 24 heavy (non-hydrogen) atoms. The Balaban J connectivity index is 1.57. The molecule has 1 aliphatic carbocycles. The molecule has 1 heterocycles. The van der Waals surface area contributed by atoms with Gasteiger partial charge in [0.05, 0.1) is 0 Å². The van der Waals surface area contributed by atoms with Crippen LogP contribution in [0.5, 0.6) is 0 Å². The number of fused-ring (bicyclic) bond motifs is 3. The number of aromatic nitrogens is 1. The summed E-state index contributed by atoms with van der Waals surface area (Å²) in [6.45, 7) is 2.04. The molecule has 2 N–H and O–H groups in total. The predicted molar refractivity (Wildman–Crippen MR) is 98.6 cm³/mol. The average Bonchev–Trinajstić information content (AvgIpc) is 2.94. The number of nitrogens with one attached hydrogen (secondary N) is 2. The van der Waals surface area contributed by atoms with E-state index in [-0.39, 0.29) is 11.8 Å². The van der Waals surface area contributed by atoms with Crippen molar-refractivity contribution in [2.24, 2.45) is 5.92 Å². The van der Waals surface area contributed by atoms with Crippen molar-refractivity contribution < 1.29 is 4.79 Å². The van der Waals surface area contributed by atoms with Gasteiger partial charge in [0.2, 0.25) is 5.91 Å². The molecule has 0 aliphatic heterocycles. The lowest BCUT2D eigenvalue weighted by Crippen LogP contribution is -2.28. The van der Waals surface area contributed by atoms with Crippen LogP contribution < -0.4 is 5.32 Å². The Kier molecular flexibility index (Phi) is 3.81. The van der Waals surface area contributed by atoms with Gasteiger partial charge in [-0.25, -0.2) is 0 Å². The van der Waals surface area contributed by atoms with Gasteiger partial charge in [-0.2, -0.15) is 0 Å². The van der Waals surface area contributed by atoms with Crippen molar-refractivity contribution in [3.8, 4) is 0 Å². The monoisotopic (exact) mass is 338 g/mol. The summed E-state index contributed by atoms with van der Waals surface area (Å²) in [6, 6.07) is 13.8. The van der Waals surface area contributed by atoms with Crippen LogP contribution >= 0.6 is 11.6 Å². The fourth-order valence-electron chi connectivity index (χ4n) is 3.49. The lowest BCUT2D eigenvalue weighted by molar-refractivity contribution is -0.120. The minimum absolute atomic E-state index is 0.00298. The highest BCUT2D eigenvalue weighted by molar-refractivity contribution is 6.31. The highest BCUT2D eigenvalue weighted by Crippen LogP contribution is 2.33. The maximum Gasteiger partial charge on any atom is 0.227 e. The largest absolute Gasteiger partial charge is 0.358 e. The van der Waals surface area contributed by atoms with Gasteiger partial charge in [0, 0.05) is 33.2 Å². The Morgan fingerprint density at radius 3 is 2.79 bits per heavy atom. The summed E-state index contributed by atoms with van der Waals surface area (Å²) in [6.07, 6.45) is 2.52. The van der Waals surface area contributed by atoms with Crippen molar-refractivity contribution in [1.29, 1.82) is 0 Å². The first kappa shape index (κ1) is 15.3. The van der Waals surface area contributed by atoms with E-state index in [1.54, 1.807) is 0 Å². The molecule has 1 aromatic heterocycles. The van der Waals surface area contributed by atoms with Gasteiger partial charge in [-0.1, -0.05) is 29.3 Å². The fourth-order valence-corrected chi connectivity index (χ4v) is 3.67. The second-order valence-corrected chi connectivity index (χ2v) is 7.00. The molecule has 0 spiro atoms. The van der Waals surface area contributed by atoms with Crippen LogP contribution in [-0.4, -0.2) is 10.9 Å². The standard InChI is InChI=1S/C20H19ClN2O/c1-12-2-6-15(7-3-12)22-20(24)13-4-8-18-16(10-13)17-11-14(21)5-9-19(17)23-18/h2-3,5-7,9,11,13,23H,4,8,10H2,1H3,(H,22,24). The number of amides is 1. The fraction of sp³-hybridized carbons (Fsp3) is 0.250. The van der Waals surface area contributed by atoms with E-state index in [9.17, 15) is 4.79 Å². The summed E-state index contributed by atoms with van der Waals surface area (Å²) in [5, 5.41) is 4.92. The zero-order valence-corrected chi connectivity index (χ0v) is 14.3.